The average Bonchev–Trinajstić information content (AvgIpc) is 3.09. The molecule has 0 unspecified atom stereocenters. The van der Waals surface area contributed by atoms with Crippen LogP contribution in [0, 0.1) is 0 Å². The Balaban J connectivity index is 1.70. The van der Waals surface area contributed by atoms with Crippen LogP contribution in [0.25, 0.3) is 0 Å². The molecule has 3 N–H and O–H groups in total. The van der Waals surface area contributed by atoms with Crippen LogP contribution in [-0.2, 0) is 11.3 Å². The Bertz CT molecular complexity index is 642. The molecule has 1 aliphatic carbocycles. The SMILES string of the molecule is COCCn1cc(NC(=O)c2cc(N)cn2C2CC2)cn1. The standard InChI is InChI=1S/C14H19N5O2/c1-21-5-4-18-9-11(7-16-18)17-14(20)13-6-10(15)8-19(13)12-2-3-12/h6-9,12H,2-5,15H2,1H3,(H,17,20). The van der Waals surface area contributed by atoms with E-state index in [4.69, 9.17) is 10.5 Å². The molecule has 1 saturated carbocycles. The smallest absolute Gasteiger partial charge is 0.272 e. The number of aromatic nitrogens is 3. The summed E-state index contributed by atoms with van der Waals surface area (Å²) in [5.74, 6) is -0.162. The van der Waals surface area contributed by atoms with Gasteiger partial charge in [0.25, 0.3) is 5.91 Å². The summed E-state index contributed by atoms with van der Waals surface area (Å²) in [5, 5.41) is 7.02. The van der Waals surface area contributed by atoms with Gasteiger partial charge in [-0.15, -0.1) is 0 Å². The third-order valence-electron chi connectivity index (χ3n) is 3.46. The molecule has 21 heavy (non-hydrogen) atoms. The van der Waals surface area contributed by atoms with Crippen molar-refractivity contribution < 1.29 is 9.53 Å². The molecule has 1 aliphatic rings. The van der Waals surface area contributed by atoms with Crippen molar-refractivity contribution in [3.63, 3.8) is 0 Å². The van der Waals surface area contributed by atoms with Gasteiger partial charge in [0, 0.05) is 25.5 Å². The number of hydrogen-bond donors (Lipinski definition) is 2. The molecule has 1 amide bonds. The predicted octanol–water partition coefficient (Wildman–Crippen LogP) is 1.50. The second kappa shape index (κ2) is 5.61. The Hall–Kier alpha value is -2.28. The highest BCUT2D eigenvalue weighted by Crippen LogP contribution is 2.37. The Kier molecular flexibility index (Phi) is 3.66. The zero-order valence-corrected chi connectivity index (χ0v) is 12.0. The minimum absolute atomic E-state index is 0.162. The molecule has 0 bridgehead atoms. The second-order valence-corrected chi connectivity index (χ2v) is 5.24. The molecule has 0 aliphatic heterocycles. The largest absolute Gasteiger partial charge is 0.397 e. The van der Waals surface area contributed by atoms with Crippen LogP contribution in [0.15, 0.2) is 24.7 Å². The minimum Gasteiger partial charge on any atom is -0.397 e. The maximum atomic E-state index is 12.4. The number of nitrogens with two attached hydrogens (primary N) is 1. The van der Waals surface area contributed by atoms with Crippen LogP contribution in [-0.4, -0.2) is 34.0 Å². The number of carbonyl (C=O) groups excluding carboxylic acids is 1. The van der Waals surface area contributed by atoms with Crippen molar-refractivity contribution >= 4 is 17.3 Å². The summed E-state index contributed by atoms with van der Waals surface area (Å²) in [6, 6.07) is 2.12. The predicted molar refractivity (Wildman–Crippen MR) is 79.2 cm³/mol. The van der Waals surface area contributed by atoms with Crippen LogP contribution in [0.1, 0.15) is 29.4 Å². The molecular formula is C14H19N5O2. The van der Waals surface area contributed by atoms with Crippen molar-refractivity contribution in [3.8, 4) is 0 Å². The quantitative estimate of drug-likeness (QED) is 0.843. The lowest BCUT2D eigenvalue weighted by molar-refractivity contribution is 0.101. The molecule has 3 rings (SSSR count). The lowest BCUT2D eigenvalue weighted by atomic mass is 10.3. The van der Waals surface area contributed by atoms with Crippen molar-refractivity contribution in [2.24, 2.45) is 0 Å². The summed E-state index contributed by atoms with van der Waals surface area (Å²) >= 11 is 0. The minimum atomic E-state index is -0.162. The molecule has 112 valence electrons. The Morgan fingerprint density at radius 2 is 2.33 bits per heavy atom. The zero-order chi connectivity index (χ0) is 14.8. The summed E-state index contributed by atoms with van der Waals surface area (Å²) in [4.78, 5) is 12.4. The molecule has 0 spiro atoms. The first kappa shape index (κ1) is 13.7. The number of carbonyl (C=O) groups is 1. The topological polar surface area (TPSA) is 87.1 Å². The number of nitrogens with zero attached hydrogens (tertiary/aromatic N) is 3. The molecule has 2 heterocycles. The summed E-state index contributed by atoms with van der Waals surface area (Å²) in [6.07, 6.45) is 7.44. The number of anilines is 2. The normalized spacial score (nSPS) is 14.3. The second-order valence-electron chi connectivity index (χ2n) is 5.24. The number of ether oxygens (including phenoxy) is 1. The van der Waals surface area contributed by atoms with E-state index in [2.05, 4.69) is 10.4 Å². The van der Waals surface area contributed by atoms with Gasteiger partial charge < -0.3 is 20.4 Å². The van der Waals surface area contributed by atoms with Crippen LogP contribution in [0.2, 0.25) is 0 Å². The van der Waals surface area contributed by atoms with E-state index in [1.165, 1.54) is 0 Å². The maximum absolute atomic E-state index is 12.4. The summed E-state index contributed by atoms with van der Waals surface area (Å²) in [5.41, 5.74) is 7.68. The first-order chi connectivity index (χ1) is 10.2. The number of nitrogen functional groups attached to an aromatic ring is 1. The van der Waals surface area contributed by atoms with Crippen LogP contribution in [0.5, 0.6) is 0 Å². The van der Waals surface area contributed by atoms with Gasteiger partial charge in [-0.2, -0.15) is 5.10 Å². The number of hydrogen-bond acceptors (Lipinski definition) is 4. The van der Waals surface area contributed by atoms with Crippen LogP contribution < -0.4 is 11.1 Å². The third-order valence-corrected chi connectivity index (χ3v) is 3.46. The lowest BCUT2D eigenvalue weighted by Crippen LogP contribution is -2.16. The van der Waals surface area contributed by atoms with Crippen molar-refractivity contribution in [1.29, 1.82) is 0 Å². The van der Waals surface area contributed by atoms with Crippen LogP contribution >= 0.6 is 0 Å². The van der Waals surface area contributed by atoms with Crippen LogP contribution in [0.4, 0.5) is 11.4 Å². The summed E-state index contributed by atoms with van der Waals surface area (Å²) in [6.45, 7) is 1.23. The van der Waals surface area contributed by atoms with E-state index in [0.717, 1.165) is 12.8 Å². The summed E-state index contributed by atoms with van der Waals surface area (Å²) in [7, 11) is 1.64. The van der Waals surface area contributed by atoms with Crippen molar-refractivity contribution in [3.05, 3.63) is 30.4 Å². The van der Waals surface area contributed by atoms with Gasteiger partial charge in [0.05, 0.1) is 30.7 Å². The van der Waals surface area contributed by atoms with E-state index in [1.54, 1.807) is 30.3 Å². The van der Waals surface area contributed by atoms with Gasteiger partial charge in [0.2, 0.25) is 0 Å². The average molecular weight is 289 g/mol. The Morgan fingerprint density at radius 1 is 1.52 bits per heavy atom. The van der Waals surface area contributed by atoms with Crippen molar-refractivity contribution in [2.45, 2.75) is 25.4 Å². The van der Waals surface area contributed by atoms with Crippen molar-refractivity contribution in [2.75, 3.05) is 24.8 Å². The zero-order valence-electron chi connectivity index (χ0n) is 12.0. The Morgan fingerprint density at radius 3 is 3.05 bits per heavy atom. The van der Waals surface area contributed by atoms with Gasteiger partial charge in [-0.3, -0.25) is 9.48 Å². The van der Waals surface area contributed by atoms with Crippen LogP contribution in [0.3, 0.4) is 0 Å². The fourth-order valence-electron chi connectivity index (χ4n) is 2.27. The number of methoxy groups -OCH3 is 1. The maximum Gasteiger partial charge on any atom is 0.272 e. The Labute approximate surface area is 122 Å². The fraction of sp³-hybridized carbons (Fsp3) is 0.429. The third kappa shape index (κ3) is 3.08. The summed E-state index contributed by atoms with van der Waals surface area (Å²) < 4.78 is 8.68. The van der Waals surface area contributed by atoms with E-state index < -0.39 is 0 Å². The molecule has 7 heteroatoms. The van der Waals surface area contributed by atoms with E-state index in [-0.39, 0.29) is 5.91 Å². The molecular weight excluding hydrogens is 270 g/mol. The molecule has 7 nitrogen and oxygen atoms in total. The number of amides is 1. The van der Waals surface area contributed by atoms with Gasteiger partial charge >= 0.3 is 0 Å². The van der Waals surface area contributed by atoms with E-state index in [1.807, 2.05) is 10.8 Å². The fourth-order valence-corrected chi connectivity index (χ4v) is 2.27. The van der Waals surface area contributed by atoms with E-state index in [0.29, 0.717) is 36.3 Å². The molecule has 0 saturated heterocycles. The highest BCUT2D eigenvalue weighted by molar-refractivity contribution is 6.03. The monoisotopic (exact) mass is 289 g/mol. The number of nitrogens with one attached hydrogen (secondary N) is 1. The first-order valence-electron chi connectivity index (χ1n) is 6.97. The van der Waals surface area contributed by atoms with E-state index in [9.17, 15) is 4.79 Å². The first-order valence-corrected chi connectivity index (χ1v) is 6.97. The van der Waals surface area contributed by atoms with Gasteiger partial charge in [0.1, 0.15) is 5.69 Å². The molecule has 0 aromatic carbocycles. The lowest BCUT2D eigenvalue weighted by Gasteiger charge is -2.07. The van der Waals surface area contributed by atoms with Crippen molar-refractivity contribution in [1.82, 2.24) is 14.3 Å². The van der Waals surface area contributed by atoms with E-state index >= 15 is 0 Å². The van der Waals surface area contributed by atoms with Gasteiger partial charge in [-0.25, -0.2) is 0 Å². The van der Waals surface area contributed by atoms with Gasteiger partial charge in [0.15, 0.2) is 0 Å². The van der Waals surface area contributed by atoms with Gasteiger partial charge in [-0.1, -0.05) is 0 Å². The van der Waals surface area contributed by atoms with Gasteiger partial charge in [-0.05, 0) is 18.9 Å². The molecule has 2 aromatic rings. The molecule has 2 aromatic heterocycles. The number of rotatable bonds is 6. The molecule has 0 radical (unpaired) electrons. The molecule has 0 atom stereocenters. The molecule has 1 fully saturated rings. The highest BCUT2D eigenvalue weighted by Gasteiger charge is 2.27. The highest BCUT2D eigenvalue weighted by atomic mass is 16.5.